The lowest BCUT2D eigenvalue weighted by Crippen LogP contribution is -2.07. The van der Waals surface area contributed by atoms with E-state index in [1.807, 2.05) is 37.3 Å². The molecule has 1 aromatic heterocycles. The number of nitrogens with one attached hydrogen (secondary N) is 1. The Morgan fingerprint density at radius 3 is 2.58 bits per heavy atom. The first kappa shape index (κ1) is 16.1. The van der Waals surface area contributed by atoms with Crippen LogP contribution in [0.3, 0.4) is 0 Å². The number of ether oxygens (including phenoxy) is 1. The highest BCUT2D eigenvalue weighted by Gasteiger charge is 2.13. The molecule has 2 aromatic carbocycles. The van der Waals surface area contributed by atoms with Crippen LogP contribution in [-0.2, 0) is 6.42 Å². The average molecular weight is 323 g/mol. The largest absolute Gasteiger partial charge is 0.496 e. The average Bonchev–Trinajstić information content (AvgIpc) is 3.03. The Balaban J connectivity index is 1.80. The third-order valence-corrected chi connectivity index (χ3v) is 3.81. The number of hydrogen-bond donors (Lipinski definition) is 1. The van der Waals surface area contributed by atoms with Gasteiger partial charge in [-0.05, 0) is 30.7 Å². The molecule has 3 rings (SSSR count). The lowest BCUT2D eigenvalue weighted by Gasteiger charge is -2.15. The van der Waals surface area contributed by atoms with Crippen LogP contribution in [0.15, 0.2) is 52.9 Å². The number of aromatic nitrogens is 2. The van der Waals surface area contributed by atoms with Crippen molar-refractivity contribution in [2.24, 2.45) is 0 Å². The van der Waals surface area contributed by atoms with E-state index in [-0.39, 0.29) is 6.04 Å². The molecule has 3 aromatic rings. The summed E-state index contributed by atoms with van der Waals surface area (Å²) >= 11 is 0. The van der Waals surface area contributed by atoms with E-state index in [2.05, 4.69) is 33.7 Å². The molecule has 0 spiro atoms. The normalized spacial score (nSPS) is 12.0. The number of rotatable bonds is 6. The van der Waals surface area contributed by atoms with E-state index in [9.17, 15) is 0 Å². The van der Waals surface area contributed by atoms with Crippen LogP contribution >= 0.6 is 0 Å². The third kappa shape index (κ3) is 3.74. The Labute approximate surface area is 141 Å². The molecular formula is C19H21N3O2. The predicted octanol–water partition coefficient (Wildman–Crippen LogP) is 4.15. The van der Waals surface area contributed by atoms with Gasteiger partial charge in [0.25, 0.3) is 0 Å². The Morgan fingerprint density at radius 1 is 1.12 bits per heavy atom. The van der Waals surface area contributed by atoms with Gasteiger partial charge in [0.2, 0.25) is 11.8 Å². The zero-order chi connectivity index (χ0) is 16.9. The minimum absolute atomic E-state index is 0.0656. The summed E-state index contributed by atoms with van der Waals surface area (Å²) in [4.78, 5) is 0. The van der Waals surface area contributed by atoms with Crippen molar-refractivity contribution in [1.29, 1.82) is 0 Å². The number of methoxy groups -OCH3 is 1. The van der Waals surface area contributed by atoms with Crippen molar-refractivity contribution in [2.75, 3.05) is 12.4 Å². The van der Waals surface area contributed by atoms with Crippen molar-refractivity contribution in [1.82, 2.24) is 10.2 Å². The van der Waals surface area contributed by atoms with Crippen molar-refractivity contribution >= 4 is 5.69 Å². The first-order valence-electron chi connectivity index (χ1n) is 7.93. The van der Waals surface area contributed by atoms with Crippen LogP contribution in [0.1, 0.15) is 35.9 Å². The van der Waals surface area contributed by atoms with Crippen molar-refractivity contribution < 1.29 is 9.15 Å². The van der Waals surface area contributed by atoms with Gasteiger partial charge in [0.05, 0.1) is 7.11 Å². The van der Waals surface area contributed by atoms with Gasteiger partial charge in [-0.15, -0.1) is 10.2 Å². The van der Waals surface area contributed by atoms with Crippen LogP contribution in [0.25, 0.3) is 0 Å². The summed E-state index contributed by atoms with van der Waals surface area (Å²) < 4.78 is 11.0. The Kier molecular flexibility index (Phi) is 4.79. The van der Waals surface area contributed by atoms with Gasteiger partial charge in [0.1, 0.15) is 11.8 Å². The molecule has 1 unspecified atom stereocenters. The van der Waals surface area contributed by atoms with E-state index in [4.69, 9.17) is 9.15 Å². The van der Waals surface area contributed by atoms with Gasteiger partial charge in [-0.1, -0.05) is 30.3 Å². The van der Waals surface area contributed by atoms with E-state index in [0.29, 0.717) is 11.8 Å². The van der Waals surface area contributed by atoms with E-state index in [0.717, 1.165) is 23.4 Å². The summed E-state index contributed by atoms with van der Waals surface area (Å²) in [6.45, 7) is 3.78. The smallest absolute Gasteiger partial charge is 0.238 e. The summed E-state index contributed by atoms with van der Waals surface area (Å²) in [5.74, 6) is 2.02. The van der Waals surface area contributed by atoms with Gasteiger partial charge in [0, 0.05) is 24.6 Å². The highest BCUT2D eigenvalue weighted by molar-refractivity contribution is 5.53. The topological polar surface area (TPSA) is 60.2 Å². The molecule has 0 saturated carbocycles. The SMILES string of the molecule is COc1ccc(NC(C)c2nnc(C)o2)cc1Cc1ccccc1. The second kappa shape index (κ2) is 7.17. The fraction of sp³-hybridized carbons (Fsp3) is 0.263. The summed E-state index contributed by atoms with van der Waals surface area (Å²) in [6.07, 6.45) is 0.813. The van der Waals surface area contributed by atoms with Crippen molar-refractivity contribution in [3.8, 4) is 5.75 Å². The van der Waals surface area contributed by atoms with E-state index < -0.39 is 0 Å². The third-order valence-electron chi connectivity index (χ3n) is 3.81. The molecule has 0 bridgehead atoms. The van der Waals surface area contributed by atoms with Crippen LogP contribution in [0.4, 0.5) is 5.69 Å². The number of anilines is 1. The predicted molar refractivity (Wildman–Crippen MR) is 93.3 cm³/mol. The molecular weight excluding hydrogens is 302 g/mol. The summed E-state index contributed by atoms with van der Waals surface area (Å²) in [7, 11) is 1.70. The van der Waals surface area contributed by atoms with Crippen LogP contribution in [0.5, 0.6) is 5.75 Å². The molecule has 5 nitrogen and oxygen atoms in total. The molecule has 0 aliphatic rings. The molecule has 0 aliphatic heterocycles. The van der Waals surface area contributed by atoms with Crippen molar-refractivity contribution in [3.63, 3.8) is 0 Å². The maximum Gasteiger partial charge on any atom is 0.238 e. The number of hydrogen-bond acceptors (Lipinski definition) is 5. The zero-order valence-corrected chi connectivity index (χ0v) is 14.1. The standard InChI is InChI=1S/C19H21N3O2/c1-13(19-22-21-14(2)24-19)20-17-9-10-18(23-3)16(12-17)11-15-7-5-4-6-8-15/h4-10,12-13,20H,11H2,1-3H3. The quantitative estimate of drug-likeness (QED) is 0.738. The van der Waals surface area contributed by atoms with E-state index >= 15 is 0 Å². The van der Waals surface area contributed by atoms with Gasteiger partial charge in [-0.25, -0.2) is 0 Å². The first-order chi connectivity index (χ1) is 11.7. The molecule has 0 aliphatic carbocycles. The molecule has 5 heteroatoms. The maximum atomic E-state index is 5.50. The minimum Gasteiger partial charge on any atom is -0.496 e. The first-order valence-corrected chi connectivity index (χ1v) is 7.93. The minimum atomic E-state index is -0.0656. The summed E-state index contributed by atoms with van der Waals surface area (Å²) in [5.41, 5.74) is 3.36. The Morgan fingerprint density at radius 2 is 1.92 bits per heavy atom. The van der Waals surface area contributed by atoms with Gasteiger partial charge >= 0.3 is 0 Å². The van der Waals surface area contributed by atoms with Crippen LogP contribution < -0.4 is 10.1 Å². The van der Waals surface area contributed by atoms with Crippen molar-refractivity contribution in [2.45, 2.75) is 26.3 Å². The highest BCUT2D eigenvalue weighted by atomic mass is 16.5. The lowest BCUT2D eigenvalue weighted by molar-refractivity contribution is 0.410. The van der Waals surface area contributed by atoms with Crippen molar-refractivity contribution in [3.05, 3.63) is 71.4 Å². The fourth-order valence-electron chi connectivity index (χ4n) is 2.62. The van der Waals surface area contributed by atoms with Gasteiger partial charge in [-0.3, -0.25) is 0 Å². The van der Waals surface area contributed by atoms with E-state index in [1.54, 1.807) is 14.0 Å². The Bertz CT molecular complexity index is 799. The van der Waals surface area contributed by atoms with Crippen LogP contribution in [-0.4, -0.2) is 17.3 Å². The van der Waals surface area contributed by atoms with Gasteiger partial charge < -0.3 is 14.5 Å². The highest BCUT2D eigenvalue weighted by Crippen LogP contribution is 2.27. The monoisotopic (exact) mass is 323 g/mol. The molecule has 1 heterocycles. The fourth-order valence-corrected chi connectivity index (χ4v) is 2.62. The number of nitrogens with zero attached hydrogens (tertiary/aromatic N) is 2. The molecule has 1 atom stereocenters. The zero-order valence-electron chi connectivity index (χ0n) is 14.1. The molecule has 0 fully saturated rings. The second-order valence-corrected chi connectivity index (χ2v) is 5.71. The number of aryl methyl sites for hydroxylation is 1. The lowest BCUT2D eigenvalue weighted by atomic mass is 10.0. The molecule has 0 amide bonds. The maximum absolute atomic E-state index is 5.50. The number of benzene rings is 2. The van der Waals surface area contributed by atoms with Crippen LogP contribution in [0, 0.1) is 6.92 Å². The summed E-state index contributed by atoms with van der Waals surface area (Å²) in [5, 5.41) is 11.3. The summed E-state index contributed by atoms with van der Waals surface area (Å²) in [6, 6.07) is 16.3. The Hall–Kier alpha value is -2.82. The van der Waals surface area contributed by atoms with Gasteiger partial charge in [0.15, 0.2) is 0 Å². The molecule has 24 heavy (non-hydrogen) atoms. The van der Waals surface area contributed by atoms with Crippen LogP contribution in [0.2, 0.25) is 0 Å². The van der Waals surface area contributed by atoms with E-state index in [1.165, 1.54) is 5.56 Å². The van der Waals surface area contributed by atoms with Gasteiger partial charge in [-0.2, -0.15) is 0 Å². The molecule has 0 saturated heterocycles. The second-order valence-electron chi connectivity index (χ2n) is 5.71. The molecule has 0 radical (unpaired) electrons. The molecule has 124 valence electrons. The molecule has 1 N–H and O–H groups in total.